The van der Waals surface area contributed by atoms with E-state index in [-0.39, 0.29) is 0 Å². The maximum atomic E-state index is 3.73. The fraction of sp³-hybridized carbons (Fsp3) is 0.333. The summed E-state index contributed by atoms with van der Waals surface area (Å²) in [5.74, 6) is 0.703. The second-order valence-corrected chi connectivity index (χ2v) is 5.38. The van der Waals surface area contributed by atoms with Gasteiger partial charge in [0.1, 0.15) is 0 Å². The Balaban J connectivity index is 1.61. The van der Waals surface area contributed by atoms with Crippen LogP contribution in [0, 0.1) is 0 Å². The molecule has 0 spiro atoms. The number of hydrogen-bond acceptors (Lipinski definition) is 1. The van der Waals surface area contributed by atoms with Gasteiger partial charge in [-0.15, -0.1) is 0 Å². The molecule has 0 aromatic heterocycles. The molecule has 0 bridgehead atoms. The fourth-order valence-corrected chi connectivity index (χ4v) is 3.01. The smallest absolute Gasteiger partial charge is 0.0317 e. The van der Waals surface area contributed by atoms with Crippen molar-refractivity contribution in [2.24, 2.45) is 0 Å². The number of hydrogen-bond donors (Lipinski definition) is 1. The summed E-state index contributed by atoms with van der Waals surface area (Å²) in [6, 6.07) is 20.1. The second-order valence-electron chi connectivity index (χ2n) is 5.38. The Morgan fingerprint density at radius 2 is 1.79 bits per heavy atom. The summed E-state index contributed by atoms with van der Waals surface area (Å²) in [6.45, 7) is 3.34. The molecule has 2 aromatic rings. The van der Waals surface area contributed by atoms with Crippen LogP contribution >= 0.6 is 0 Å². The maximum Gasteiger partial charge on any atom is 0.0317 e. The minimum Gasteiger partial charge on any atom is -0.309 e. The standard InChI is InChI=1S/C18H21N/c1-2-18(14-8-4-3-5-9-14)19-13-16-12-15-10-6-7-11-17(15)16/h3-11,16,18-19H,2,12-13H2,1H3. The Kier molecular flexibility index (Phi) is 3.65. The van der Waals surface area contributed by atoms with Crippen molar-refractivity contribution in [1.82, 2.24) is 5.32 Å². The van der Waals surface area contributed by atoms with E-state index in [2.05, 4.69) is 66.8 Å². The lowest BCUT2D eigenvalue weighted by molar-refractivity contribution is 0.461. The first-order valence-corrected chi connectivity index (χ1v) is 7.24. The zero-order valence-electron chi connectivity index (χ0n) is 11.5. The molecule has 0 amide bonds. The van der Waals surface area contributed by atoms with Crippen LogP contribution in [0.5, 0.6) is 0 Å². The van der Waals surface area contributed by atoms with Crippen molar-refractivity contribution < 1.29 is 0 Å². The van der Waals surface area contributed by atoms with Gasteiger partial charge in [-0.1, -0.05) is 61.5 Å². The topological polar surface area (TPSA) is 12.0 Å². The summed E-state index contributed by atoms with van der Waals surface area (Å²) in [6.07, 6.45) is 2.37. The van der Waals surface area contributed by atoms with E-state index in [0.29, 0.717) is 12.0 Å². The third-order valence-electron chi connectivity index (χ3n) is 4.18. The van der Waals surface area contributed by atoms with Crippen LogP contribution < -0.4 is 5.32 Å². The van der Waals surface area contributed by atoms with Crippen molar-refractivity contribution in [3.63, 3.8) is 0 Å². The molecule has 3 rings (SSSR count). The summed E-state index contributed by atoms with van der Waals surface area (Å²) in [4.78, 5) is 0. The van der Waals surface area contributed by atoms with Gasteiger partial charge in [0.25, 0.3) is 0 Å². The summed E-state index contributed by atoms with van der Waals surface area (Å²) in [7, 11) is 0. The minimum atomic E-state index is 0.481. The molecular weight excluding hydrogens is 230 g/mol. The van der Waals surface area contributed by atoms with Gasteiger partial charge in [0.05, 0.1) is 0 Å². The molecule has 98 valence electrons. The highest BCUT2D eigenvalue weighted by atomic mass is 14.9. The van der Waals surface area contributed by atoms with E-state index >= 15 is 0 Å². The van der Waals surface area contributed by atoms with Crippen LogP contribution in [0.15, 0.2) is 54.6 Å². The normalized spacial score (nSPS) is 18.5. The SMILES string of the molecule is CCC(NCC1Cc2ccccc21)c1ccccc1. The molecule has 1 aliphatic carbocycles. The predicted octanol–water partition coefficient (Wildman–Crippen LogP) is 4.07. The first-order chi connectivity index (χ1) is 9.38. The minimum absolute atomic E-state index is 0.481. The van der Waals surface area contributed by atoms with Crippen molar-refractivity contribution in [2.75, 3.05) is 6.54 Å². The number of rotatable bonds is 5. The quantitative estimate of drug-likeness (QED) is 0.844. The Labute approximate surface area is 115 Å². The average Bonchev–Trinajstić information content (AvgIpc) is 2.45. The Bertz CT molecular complexity index is 532. The largest absolute Gasteiger partial charge is 0.309 e. The zero-order chi connectivity index (χ0) is 13.1. The van der Waals surface area contributed by atoms with Gasteiger partial charge in [0, 0.05) is 18.5 Å². The molecule has 0 fully saturated rings. The summed E-state index contributed by atoms with van der Waals surface area (Å²) in [5.41, 5.74) is 4.47. The monoisotopic (exact) mass is 251 g/mol. The molecule has 0 saturated carbocycles. The number of nitrogens with one attached hydrogen (secondary N) is 1. The second kappa shape index (κ2) is 5.58. The highest BCUT2D eigenvalue weighted by molar-refractivity contribution is 5.40. The molecule has 1 N–H and O–H groups in total. The van der Waals surface area contributed by atoms with Crippen LogP contribution in [0.1, 0.15) is 42.0 Å². The van der Waals surface area contributed by atoms with E-state index in [9.17, 15) is 0 Å². The van der Waals surface area contributed by atoms with Gasteiger partial charge in [-0.3, -0.25) is 0 Å². The third-order valence-corrected chi connectivity index (χ3v) is 4.18. The predicted molar refractivity (Wildman–Crippen MR) is 80.4 cm³/mol. The lowest BCUT2D eigenvalue weighted by atomic mass is 9.77. The highest BCUT2D eigenvalue weighted by Gasteiger charge is 2.25. The van der Waals surface area contributed by atoms with Crippen molar-refractivity contribution in [3.8, 4) is 0 Å². The summed E-state index contributed by atoms with van der Waals surface area (Å²) in [5, 5.41) is 3.73. The molecule has 1 heteroatoms. The molecular formula is C18H21N. The molecule has 0 saturated heterocycles. The molecule has 0 heterocycles. The van der Waals surface area contributed by atoms with Gasteiger partial charge in [-0.05, 0) is 29.5 Å². The molecule has 2 unspecified atom stereocenters. The van der Waals surface area contributed by atoms with Crippen molar-refractivity contribution >= 4 is 0 Å². The summed E-state index contributed by atoms with van der Waals surface area (Å²) < 4.78 is 0. The number of benzene rings is 2. The molecule has 1 aliphatic rings. The van der Waals surface area contributed by atoms with Crippen LogP contribution in [0.4, 0.5) is 0 Å². The van der Waals surface area contributed by atoms with Crippen LogP contribution in [0.2, 0.25) is 0 Å². The lowest BCUT2D eigenvalue weighted by Gasteiger charge is -2.32. The van der Waals surface area contributed by atoms with Crippen molar-refractivity contribution in [3.05, 3.63) is 71.3 Å². The average molecular weight is 251 g/mol. The van der Waals surface area contributed by atoms with E-state index in [4.69, 9.17) is 0 Å². The summed E-state index contributed by atoms with van der Waals surface area (Å²) >= 11 is 0. The van der Waals surface area contributed by atoms with Gasteiger partial charge >= 0.3 is 0 Å². The van der Waals surface area contributed by atoms with Gasteiger partial charge in [-0.25, -0.2) is 0 Å². The van der Waals surface area contributed by atoms with Gasteiger partial charge in [0.2, 0.25) is 0 Å². The molecule has 0 aliphatic heterocycles. The molecule has 19 heavy (non-hydrogen) atoms. The first-order valence-electron chi connectivity index (χ1n) is 7.24. The maximum absolute atomic E-state index is 3.73. The van der Waals surface area contributed by atoms with E-state index in [1.165, 1.54) is 23.1 Å². The number of fused-ring (bicyclic) bond motifs is 1. The van der Waals surface area contributed by atoms with Crippen LogP contribution in [-0.2, 0) is 6.42 Å². The van der Waals surface area contributed by atoms with E-state index < -0.39 is 0 Å². The van der Waals surface area contributed by atoms with E-state index in [1.54, 1.807) is 0 Å². The van der Waals surface area contributed by atoms with Gasteiger partial charge in [-0.2, -0.15) is 0 Å². The molecule has 1 nitrogen and oxygen atoms in total. The Morgan fingerprint density at radius 1 is 1.05 bits per heavy atom. The highest BCUT2D eigenvalue weighted by Crippen LogP contribution is 2.34. The van der Waals surface area contributed by atoms with Crippen LogP contribution in [0.3, 0.4) is 0 Å². The van der Waals surface area contributed by atoms with Gasteiger partial charge < -0.3 is 5.32 Å². The van der Waals surface area contributed by atoms with Crippen molar-refractivity contribution in [1.29, 1.82) is 0 Å². The van der Waals surface area contributed by atoms with E-state index in [0.717, 1.165) is 13.0 Å². The zero-order valence-corrected chi connectivity index (χ0v) is 11.5. The van der Waals surface area contributed by atoms with Crippen molar-refractivity contribution in [2.45, 2.75) is 31.7 Å². The first kappa shape index (κ1) is 12.4. The van der Waals surface area contributed by atoms with E-state index in [1.807, 2.05) is 0 Å². The fourth-order valence-electron chi connectivity index (χ4n) is 3.01. The van der Waals surface area contributed by atoms with Crippen LogP contribution in [-0.4, -0.2) is 6.54 Å². The molecule has 2 aromatic carbocycles. The Morgan fingerprint density at radius 3 is 2.53 bits per heavy atom. The van der Waals surface area contributed by atoms with Gasteiger partial charge in [0.15, 0.2) is 0 Å². The van der Waals surface area contributed by atoms with Crippen LogP contribution in [0.25, 0.3) is 0 Å². The Hall–Kier alpha value is -1.60. The molecule has 2 atom stereocenters. The third kappa shape index (κ3) is 2.57. The molecule has 0 radical (unpaired) electrons. The lowest BCUT2D eigenvalue weighted by Crippen LogP contribution is -2.31.